The summed E-state index contributed by atoms with van der Waals surface area (Å²) in [5, 5.41) is 15.1. The highest BCUT2D eigenvalue weighted by Gasteiger charge is 2.09. The maximum atomic E-state index is 8.55. The van der Waals surface area contributed by atoms with Gasteiger partial charge in [-0.05, 0) is 12.2 Å². The molecule has 1 aliphatic rings. The molecule has 0 spiro atoms. The molecule has 4 nitrogen and oxygen atoms in total. The van der Waals surface area contributed by atoms with E-state index in [1.165, 1.54) is 0 Å². The summed E-state index contributed by atoms with van der Waals surface area (Å²) >= 11 is 4.83. The van der Waals surface area contributed by atoms with E-state index in [2.05, 4.69) is 10.6 Å². The molecule has 3 N–H and O–H groups in total. The zero-order chi connectivity index (χ0) is 7.40. The van der Waals surface area contributed by atoms with Gasteiger partial charge in [0.05, 0.1) is 19.9 Å². The molecule has 10 heavy (non-hydrogen) atoms. The number of nitrogens with zero attached hydrogens (tertiary/aromatic N) is 1. The molecule has 58 valence electrons. The van der Waals surface area contributed by atoms with Crippen molar-refractivity contribution in [2.45, 2.75) is 0 Å². The van der Waals surface area contributed by atoms with Crippen LogP contribution in [0.5, 0.6) is 0 Å². The van der Waals surface area contributed by atoms with E-state index >= 15 is 0 Å². The average molecular weight is 161 g/mol. The minimum Gasteiger partial charge on any atom is -0.395 e. The Morgan fingerprint density at radius 2 is 2.10 bits per heavy atom. The van der Waals surface area contributed by atoms with Gasteiger partial charge >= 0.3 is 0 Å². The lowest BCUT2D eigenvalue weighted by Crippen LogP contribution is -2.54. The summed E-state index contributed by atoms with van der Waals surface area (Å²) in [6.07, 6.45) is 0. The van der Waals surface area contributed by atoms with Crippen LogP contribution in [0.15, 0.2) is 0 Å². The zero-order valence-corrected chi connectivity index (χ0v) is 6.45. The molecule has 1 fully saturated rings. The van der Waals surface area contributed by atoms with Crippen molar-refractivity contribution in [1.82, 2.24) is 15.5 Å². The third kappa shape index (κ3) is 2.09. The van der Waals surface area contributed by atoms with Crippen molar-refractivity contribution in [2.24, 2.45) is 0 Å². The molecule has 0 radical (unpaired) electrons. The standard InChI is InChI=1S/C5H11N3OS/c9-2-1-8-3-6-5(10)7-4-8/h9H,1-4H2,(H2,6,7,10). The molecule has 0 aromatic rings. The van der Waals surface area contributed by atoms with Crippen molar-refractivity contribution in [3.8, 4) is 0 Å². The van der Waals surface area contributed by atoms with E-state index in [1.807, 2.05) is 4.90 Å². The first-order valence-electron chi connectivity index (χ1n) is 3.18. The van der Waals surface area contributed by atoms with Gasteiger partial charge < -0.3 is 15.7 Å². The lowest BCUT2D eigenvalue weighted by Gasteiger charge is -2.28. The van der Waals surface area contributed by atoms with Gasteiger partial charge in [-0.3, -0.25) is 4.90 Å². The first-order chi connectivity index (χ1) is 4.83. The van der Waals surface area contributed by atoms with Gasteiger partial charge in [-0.1, -0.05) is 0 Å². The molecule has 0 unspecified atom stereocenters. The van der Waals surface area contributed by atoms with E-state index in [9.17, 15) is 0 Å². The van der Waals surface area contributed by atoms with E-state index in [0.717, 1.165) is 13.3 Å². The second-order valence-electron chi connectivity index (χ2n) is 2.12. The third-order valence-electron chi connectivity index (χ3n) is 1.34. The summed E-state index contributed by atoms with van der Waals surface area (Å²) in [4.78, 5) is 2.02. The molecule has 1 rings (SSSR count). The predicted molar refractivity (Wildman–Crippen MR) is 42.4 cm³/mol. The van der Waals surface area contributed by atoms with E-state index in [1.54, 1.807) is 0 Å². The first kappa shape index (κ1) is 7.71. The van der Waals surface area contributed by atoms with Crippen molar-refractivity contribution < 1.29 is 5.11 Å². The van der Waals surface area contributed by atoms with Crippen LogP contribution in [0.25, 0.3) is 0 Å². The molecule has 0 saturated carbocycles. The Bertz CT molecular complexity index is 120. The zero-order valence-electron chi connectivity index (χ0n) is 5.63. The third-order valence-corrected chi connectivity index (χ3v) is 1.63. The molecule has 0 bridgehead atoms. The van der Waals surface area contributed by atoms with Gasteiger partial charge in [0.25, 0.3) is 0 Å². The number of rotatable bonds is 2. The van der Waals surface area contributed by atoms with E-state index in [4.69, 9.17) is 17.3 Å². The fraction of sp³-hybridized carbons (Fsp3) is 0.800. The Morgan fingerprint density at radius 1 is 1.50 bits per heavy atom. The molecule has 0 aromatic heterocycles. The molecule has 0 amide bonds. The molecule has 0 aromatic carbocycles. The fourth-order valence-corrected chi connectivity index (χ4v) is 0.914. The fourth-order valence-electron chi connectivity index (χ4n) is 0.785. The van der Waals surface area contributed by atoms with Gasteiger partial charge in [0.2, 0.25) is 0 Å². The van der Waals surface area contributed by atoms with Crippen LogP contribution in [0.1, 0.15) is 0 Å². The second-order valence-corrected chi connectivity index (χ2v) is 2.53. The normalized spacial score (nSPS) is 19.9. The van der Waals surface area contributed by atoms with E-state index in [-0.39, 0.29) is 6.61 Å². The van der Waals surface area contributed by atoms with Gasteiger partial charge in [-0.25, -0.2) is 0 Å². The number of β-amino-alcohol motifs (C(OH)–C–C–N with tert-alkyl or cyclic N) is 1. The molecular formula is C5H11N3OS. The smallest absolute Gasteiger partial charge is 0.168 e. The highest BCUT2D eigenvalue weighted by molar-refractivity contribution is 7.80. The largest absolute Gasteiger partial charge is 0.395 e. The second kappa shape index (κ2) is 3.70. The molecule has 0 atom stereocenters. The molecule has 0 aliphatic carbocycles. The van der Waals surface area contributed by atoms with Crippen molar-refractivity contribution in [3.05, 3.63) is 0 Å². The summed E-state index contributed by atoms with van der Waals surface area (Å²) < 4.78 is 0. The van der Waals surface area contributed by atoms with Crippen LogP contribution in [0.4, 0.5) is 0 Å². The van der Waals surface area contributed by atoms with E-state index < -0.39 is 0 Å². The van der Waals surface area contributed by atoms with Crippen molar-refractivity contribution in [1.29, 1.82) is 0 Å². The van der Waals surface area contributed by atoms with E-state index in [0.29, 0.717) is 11.7 Å². The van der Waals surface area contributed by atoms with Crippen LogP contribution in [0.2, 0.25) is 0 Å². The van der Waals surface area contributed by atoms with Crippen molar-refractivity contribution in [3.63, 3.8) is 0 Å². The molecule has 1 aliphatic heterocycles. The van der Waals surface area contributed by atoms with Gasteiger partial charge in [0.1, 0.15) is 0 Å². The van der Waals surface area contributed by atoms with Crippen molar-refractivity contribution in [2.75, 3.05) is 26.5 Å². The summed E-state index contributed by atoms with van der Waals surface area (Å²) in [5.41, 5.74) is 0. The molecule has 1 saturated heterocycles. The Labute approximate surface area is 65.2 Å². The maximum Gasteiger partial charge on any atom is 0.168 e. The summed E-state index contributed by atoms with van der Waals surface area (Å²) in [6.45, 7) is 2.33. The molecule has 5 heteroatoms. The Kier molecular flexibility index (Phi) is 2.85. The number of hydrogen-bond donors (Lipinski definition) is 3. The minimum absolute atomic E-state index is 0.191. The van der Waals surface area contributed by atoms with Crippen LogP contribution < -0.4 is 10.6 Å². The quantitative estimate of drug-likeness (QED) is 0.438. The SMILES string of the molecule is OCCN1CNC(=S)NC1. The summed E-state index contributed by atoms with van der Waals surface area (Å²) in [5.74, 6) is 0. The average Bonchev–Trinajstić information content (AvgIpc) is 1.95. The van der Waals surface area contributed by atoms with Crippen molar-refractivity contribution >= 4 is 17.3 Å². The van der Waals surface area contributed by atoms with Crippen LogP contribution in [0, 0.1) is 0 Å². The minimum atomic E-state index is 0.191. The number of hydrogen-bond acceptors (Lipinski definition) is 3. The van der Waals surface area contributed by atoms with Gasteiger partial charge in [0, 0.05) is 6.54 Å². The maximum absolute atomic E-state index is 8.55. The van der Waals surface area contributed by atoms with Crippen LogP contribution in [-0.2, 0) is 0 Å². The number of aliphatic hydroxyl groups is 1. The van der Waals surface area contributed by atoms with Gasteiger partial charge in [-0.15, -0.1) is 0 Å². The summed E-state index contributed by atoms with van der Waals surface area (Å²) in [7, 11) is 0. The molecular weight excluding hydrogens is 150 g/mol. The highest BCUT2D eigenvalue weighted by Crippen LogP contribution is 1.86. The Morgan fingerprint density at radius 3 is 2.60 bits per heavy atom. The number of aliphatic hydroxyl groups excluding tert-OH is 1. The monoisotopic (exact) mass is 161 g/mol. The predicted octanol–water partition coefficient (Wildman–Crippen LogP) is -1.33. The van der Waals surface area contributed by atoms with Crippen LogP contribution in [-0.4, -0.2) is 41.6 Å². The highest BCUT2D eigenvalue weighted by atomic mass is 32.1. The molecule has 1 heterocycles. The number of thiocarbonyl (C=S) groups is 1. The topological polar surface area (TPSA) is 47.5 Å². The number of nitrogens with one attached hydrogen (secondary N) is 2. The lowest BCUT2D eigenvalue weighted by molar-refractivity contribution is 0.180. The van der Waals surface area contributed by atoms with Gasteiger partial charge in [0.15, 0.2) is 5.11 Å². The van der Waals surface area contributed by atoms with Gasteiger partial charge in [-0.2, -0.15) is 0 Å². The Hall–Kier alpha value is -0.390. The lowest BCUT2D eigenvalue weighted by atomic mass is 10.5. The first-order valence-corrected chi connectivity index (χ1v) is 3.58. The Balaban J connectivity index is 2.19. The van der Waals surface area contributed by atoms with Crippen LogP contribution in [0.3, 0.4) is 0 Å². The summed E-state index contributed by atoms with van der Waals surface area (Å²) in [6, 6.07) is 0. The van der Waals surface area contributed by atoms with Crippen LogP contribution >= 0.6 is 12.2 Å².